The molecule has 0 atom stereocenters. The molecule has 2 heterocycles. The van der Waals surface area contributed by atoms with Gasteiger partial charge in [0, 0.05) is 44.2 Å². The molecule has 23 heavy (non-hydrogen) atoms. The standard InChI is InChI=1S/C18H25N3O2/c19-13-14-4-6-15(7-5-14)18(23)20-11-8-16(9-12-20)21-10-2-1-3-17(21)22/h4-7,16H,1-3,8-13,19H2. The van der Waals surface area contributed by atoms with Crippen molar-refractivity contribution < 1.29 is 9.59 Å². The molecule has 0 bridgehead atoms. The predicted molar refractivity (Wildman–Crippen MR) is 88.8 cm³/mol. The first-order valence-corrected chi connectivity index (χ1v) is 8.57. The molecule has 1 aromatic carbocycles. The van der Waals surface area contributed by atoms with Crippen molar-refractivity contribution in [2.75, 3.05) is 19.6 Å². The Hall–Kier alpha value is -1.88. The maximum absolute atomic E-state index is 12.6. The molecule has 2 aliphatic heterocycles. The molecule has 0 saturated carbocycles. The van der Waals surface area contributed by atoms with E-state index in [-0.39, 0.29) is 5.91 Å². The van der Waals surface area contributed by atoms with Crippen LogP contribution in [0.15, 0.2) is 24.3 Å². The Morgan fingerprint density at radius 2 is 1.78 bits per heavy atom. The predicted octanol–water partition coefficient (Wildman–Crippen LogP) is 1.76. The van der Waals surface area contributed by atoms with Crippen molar-refractivity contribution in [1.82, 2.24) is 9.80 Å². The van der Waals surface area contributed by atoms with E-state index in [4.69, 9.17) is 5.73 Å². The van der Waals surface area contributed by atoms with E-state index in [1.54, 1.807) is 0 Å². The zero-order chi connectivity index (χ0) is 16.2. The van der Waals surface area contributed by atoms with Crippen LogP contribution in [-0.2, 0) is 11.3 Å². The molecule has 3 rings (SSSR count). The highest BCUT2D eigenvalue weighted by atomic mass is 16.2. The van der Waals surface area contributed by atoms with Gasteiger partial charge in [-0.25, -0.2) is 0 Å². The largest absolute Gasteiger partial charge is 0.340 e. The summed E-state index contributed by atoms with van der Waals surface area (Å²) < 4.78 is 0. The van der Waals surface area contributed by atoms with Gasteiger partial charge in [0.25, 0.3) is 5.91 Å². The van der Waals surface area contributed by atoms with Crippen LogP contribution in [0.4, 0.5) is 0 Å². The zero-order valence-corrected chi connectivity index (χ0v) is 13.5. The van der Waals surface area contributed by atoms with Gasteiger partial charge in [0.1, 0.15) is 0 Å². The molecule has 124 valence electrons. The van der Waals surface area contributed by atoms with Crippen LogP contribution in [-0.4, -0.2) is 47.3 Å². The molecule has 1 aromatic rings. The normalized spacial score (nSPS) is 20.0. The second-order valence-corrected chi connectivity index (χ2v) is 6.47. The van der Waals surface area contributed by atoms with Gasteiger partial charge < -0.3 is 15.5 Å². The molecule has 2 saturated heterocycles. The van der Waals surface area contributed by atoms with Gasteiger partial charge in [0.2, 0.25) is 5.91 Å². The highest BCUT2D eigenvalue weighted by Crippen LogP contribution is 2.22. The molecule has 0 aliphatic carbocycles. The summed E-state index contributed by atoms with van der Waals surface area (Å²) in [6.07, 6.45) is 4.59. The summed E-state index contributed by atoms with van der Waals surface area (Å²) in [7, 11) is 0. The minimum absolute atomic E-state index is 0.0805. The first-order valence-electron chi connectivity index (χ1n) is 8.57. The van der Waals surface area contributed by atoms with Crippen LogP contribution in [0, 0.1) is 0 Å². The Bertz CT molecular complexity index is 562. The van der Waals surface area contributed by atoms with Crippen LogP contribution in [0.2, 0.25) is 0 Å². The van der Waals surface area contributed by atoms with Gasteiger partial charge in [0.05, 0.1) is 0 Å². The number of piperidine rings is 2. The molecule has 0 aromatic heterocycles. The highest BCUT2D eigenvalue weighted by Gasteiger charge is 2.30. The topological polar surface area (TPSA) is 66.6 Å². The fourth-order valence-electron chi connectivity index (χ4n) is 3.56. The van der Waals surface area contributed by atoms with Gasteiger partial charge >= 0.3 is 0 Å². The van der Waals surface area contributed by atoms with Crippen LogP contribution in [0.25, 0.3) is 0 Å². The lowest BCUT2D eigenvalue weighted by Gasteiger charge is -2.40. The summed E-state index contributed by atoms with van der Waals surface area (Å²) in [5.74, 6) is 0.371. The van der Waals surface area contributed by atoms with Gasteiger partial charge in [-0.3, -0.25) is 9.59 Å². The van der Waals surface area contributed by atoms with Crippen LogP contribution in [0.1, 0.15) is 48.0 Å². The lowest BCUT2D eigenvalue weighted by atomic mass is 9.99. The number of rotatable bonds is 3. The van der Waals surface area contributed by atoms with E-state index in [1.165, 1.54) is 0 Å². The van der Waals surface area contributed by atoms with E-state index in [0.29, 0.717) is 24.9 Å². The van der Waals surface area contributed by atoms with Crippen molar-refractivity contribution in [2.45, 2.75) is 44.7 Å². The fraction of sp³-hybridized carbons (Fsp3) is 0.556. The number of hydrogen-bond donors (Lipinski definition) is 1. The van der Waals surface area contributed by atoms with E-state index >= 15 is 0 Å². The number of nitrogens with two attached hydrogens (primary N) is 1. The van der Waals surface area contributed by atoms with E-state index in [9.17, 15) is 9.59 Å². The number of likely N-dealkylation sites (tertiary alicyclic amines) is 2. The van der Waals surface area contributed by atoms with Crippen molar-refractivity contribution in [1.29, 1.82) is 0 Å². The highest BCUT2D eigenvalue weighted by molar-refractivity contribution is 5.94. The number of amides is 2. The molecular weight excluding hydrogens is 290 g/mol. The molecule has 0 radical (unpaired) electrons. The molecular formula is C18H25N3O2. The summed E-state index contributed by atoms with van der Waals surface area (Å²) in [5.41, 5.74) is 7.34. The molecule has 2 amide bonds. The smallest absolute Gasteiger partial charge is 0.253 e. The van der Waals surface area contributed by atoms with Crippen molar-refractivity contribution in [2.24, 2.45) is 5.73 Å². The Labute approximate surface area is 137 Å². The monoisotopic (exact) mass is 315 g/mol. The number of hydrogen-bond acceptors (Lipinski definition) is 3. The van der Waals surface area contributed by atoms with Gasteiger partial charge in [-0.2, -0.15) is 0 Å². The first kappa shape index (κ1) is 16.0. The van der Waals surface area contributed by atoms with Gasteiger partial charge in [0.15, 0.2) is 0 Å². The number of carbonyl (C=O) groups excluding carboxylic acids is 2. The third-order valence-corrected chi connectivity index (χ3v) is 4.99. The van der Waals surface area contributed by atoms with Crippen LogP contribution < -0.4 is 5.73 Å². The number of nitrogens with zero attached hydrogens (tertiary/aromatic N) is 2. The van der Waals surface area contributed by atoms with Gasteiger partial charge in [-0.05, 0) is 43.4 Å². The lowest BCUT2D eigenvalue weighted by molar-refractivity contribution is -0.136. The van der Waals surface area contributed by atoms with E-state index in [1.807, 2.05) is 34.1 Å². The van der Waals surface area contributed by atoms with Crippen molar-refractivity contribution in [3.05, 3.63) is 35.4 Å². The second kappa shape index (κ2) is 7.13. The molecule has 0 spiro atoms. The first-order chi connectivity index (χ1) is 11.2. The SMILES string of the molecule is NCc1ccc(C(=O)N2CCC(N3CCCCC3=O)CC2)cc1. The third-order valence-electron chi connectivity index (χ3n) is 4.99. The maximum atomic E-state index is 12.6. The fourth-order valence-corrected chi connectivity index (χ4v) is 3.56. The second-order valence-electron chi connectivity index (χ2n) is 6.47. The average molecular weight is 315 g/mol. The van der Waals surface area contributed by atoms with E-state index in [0.717, 1.165) is 56.4 Å². The van der Waals surface area contributed by atoms with Crippen LogP contribution in [0.5, 0.6) is 0 Å². The van der Waals surface area contributed by atoms with Gasteiger partial charge in [-0.1, -0.05) is 12.1 Å². The summed E-state index contributed by atoms with van der Waals surface area (Å²) in [4.78, 5) is 28.5. The van der Waals surface area contributed by atoms with Crippen LogP contribution in [0.3, 0.4) is 0 Å². The zero-order valence-electron chi connectivity index (χ0n) is 13.5. The Morgan fingerprint density at radius 1 is 1.09 bits per heavy atom. The quantitative estimate of drug-likeness (QED) is 0.924. The summed E-state index contributed by atoms with van der Waals surface area (Å²) in [6.45, 7) is 2.83. The Kier molecular flexibility index (Phi) is 4.96. The molecule has 2 aliphatic rings. The summed E-state index contributed by atoms with van der Waals surface area (Å²) in [6, 6.07) is 7.83. The van der Waals surface area contributed by atoms with Crippen molar-refractivity contribution >= 4 is 11.8 Å². The maximum Gasteiger partial charge on any atom is 0.253 e. The summed E-state index contributed by atoms with van der Waals surface area (Å²) in [5, 5.41) is 0. The van der Waals surface area contributed by atoms with Crippen molar-refractivity contribution in [3.63, 3.8) is 0 Å². The summed E-state index contributed by atoms with van der Waals surface area (Å²) >= 11 is 0. The van der Waals surface area contributed by atoms with Crippen LogP contribution >= 0.6 is 0 Å². The molecule has 5 nitrogen and oxygen atoms in total. The minimum Gasteiger partial charge on any atom is -0.340 e. The van der Waals surface area contributed by atoms with Crippen molar-refractivity contribution in [3.8, 4) is 0 Å². The number of carbonyl (C=O) groups is 2. The molecule has 2 fully saturated rings. The van der Waals surface area contributed by atoms with E-state index < -0.39 is 0 Å². The van der Waals surface area contributed by atoms with E-state index in [2.05, 4.69) is 0 Å². The average Bonchev–Trinajstić information content (AvgIpc) is 2.62. The molecule has 2 N–H and O–H groups in total. The Balaban J connectivity index is 1.57. The molecule has 0 unspecified atom stereocenters. The van der Waals surface area contributed by atoms with Gasteiger partial charge in [-0.15, -0.1) is 0 Å². The minimum atomic E-state index is 0.0805. The number of benzene rings is 1. The Morgan fingerprint density at radius 3 is 2.39 bits per heavy atom. The molecule has 5 heteroatoms. The lowest BCUT2D eigenvalue weighted by Crippen LogP contribution is -2.50. The third kappa shape index (κ3) is 3.55.